The fourth-order valence-corrected chi connectivity index (χ4v) is 5.98. The van der Waals surface area contributed by atoms with Crippen LogP contribution in [0.4, 0.5) is 0 Å². The molecule has 4 aliphatic heterocycles. The molecule has 4 heterocycles. The normalized spacial score (nSPS) is 20.3. The minimum absolute atomic E-state index is 0.186. The first-order valence-corrected chi connectivity index (χ1v) is 13.0. The Morgan fingerprint density at radius 2 is 1.33 bits per heavy atom. The molecule has 0 aliphatic carbocycles. The van der Waals surface area contributed by atoms with Gasteiger partial charge in [0.25, 0.3) is 0 Å². The average Bonchev–Trinajstić information content (AvgIpc) is 2.90. The van der Waals surface area contributed by atoms with Gasteiger partial charge in [0, 0.05) is 17.6 Å². The predicted octanol–water partition coefficient (Wildman–Crippen LogP) is 6.44. The molecule has 0 amide bonds. The molecule has 2 N–H and O–H groups in total. The molecule has 4 nitrogen and oxygen atoms in total. The van der Waals surface area contributed by atoms with Crippen LogP contribution >= 0.6 is 0 Å². The van der Waals surface area contributed by atoms with Crippen molar-refractivity contribution in [1.29, 1.82) is 0 Å². The summed E-state index contributed by atoms with van der Waals surface area (Å²) >= 11 is 0. The molecule has 0 aromatic heterocycles. The molecule has 36 heavy (non-hydrogen) atoms. The van der Waals surface area contributed by atoms with E-state index in [1.807, 2.05) is 6.07 Å². The van der Waals surface area contributed by atoms with Gasteiger partial charge in [0.1, 0.15) is 23.0 Å². The van der Waals surface area contributed by atoms with E-state index in [2.05, 4.69) is 89.5 Å². The first-order valence-electron chi connectivity index (χ1n) is 13.0. The Bertz CT molecular complexity index is 1410. The third kappa shape index (κ3) is 4.17. The standard InChI is InChI=1S/C32H30N2O2/c1-3-22-17-26(5-1)35-25-10-7-21(8-11-25)18-29-28-20-27(12-9-23(28)13-15-33-29)36-31-6-2-4-24-14-16-34-30(19-22)32(24)31/h1-12,17,20,29-30,33-34H,13-16,18-19H2/t29-,30+/m0/s1. The SMILES string of the molecule is c1cc2cc(c1)Oc1ccc(cc1)C[C@@H]1NCCc3ccc(cc31)Oc1cccc3c1[C@@H](C2)NCC3. The van der Waals surface area contributed by atoms with Gasteiger partial charge < -0.3 is 20.1 Å². The number of fused-ring (bicyclic) bond motifs is 2. The second-order valence-electron chi connectivity index (χ2n) is 10.1. The monoisotopic (exact) mass is 474 g/mol. The third-order valence-corrected chi connectivity index (χ3v) is 7.73. The van der Waals surface area contributed by atoms with E-state index in [-0.39, 0.29) is 12.1 Å². The van der Waals surface area contributed by atoms with Crippen molar-refractivity contribution in [3.63, 3.8) is 0 Å². The summed E-state index contributed by atoms with van der Waals surface area (Å²) < 4.78 is 12.9. The third-order valence-electron chi connectivity index (χ3n) is 7.73. The summed E-state index contributed by atoms with van der Waals surface area (Å²) in [7, 11) is 0. The van der Waals surface area contributed by atoms with Crippen LogP contribution in [0.25, 0.3) is 0 Å². The minimum atomic E-state index is 0.186. The number of benzene rings is 4. The highest BCUT2D eigenvalue weighted by atomic mass is 16.5. The van der Waals surface area contributed by atoms with E-state index in [4.69, 9.17) is 9.47 Å². The van der Waals surface area contributed by atoms with E-state index in [9.17, 15) is 0 Å². The topological polar surface area (TPSA) is 42.5 Å². The van der Waals surface area contributed by atoms with Crippen molar-refractivity contribution in [3.8, 4) is 23.0 Å². The molecule has 6 bridgehead atoms. The summed E-state index contributed by atoms with van der Waals surface area (Å²) in [6.07, 6.45) is 3.86. The molecule has 180 valence electrons. The molecular weight excluding hydrogens is 444 g/mol. The van der Waals surface area contributed by atoms with Gasteiger partial charge in [-0.2, -0.15) is 0 Å². The van der Waals surface area contributed by atoms with Crippen molar-refractivity contribution in [2.75, 3.05) is 13.1 Å². The highest BCUT2D eigenvalue weighted by Gasteiger charge is 2.26. The Kier molecular flexibility index (Phi) is 5.49. The lowest BCUT2D eigenvalue weighted by Gasteiger charge is -2.30. The van der Waals surface area contributed by atoms with Crippen molar-refractivity contribution in [2.24, 2.45) is 0 Å². The van der Waals surface area contributed by atoms with Crippen LogP contribution < -0.4 is 20.1 Å². The maximum Gasteiger partial charge on any atom is 0.132 e. The first kappa shape index (κ1) is 21.7. The maximum absolute atomic E-state index is 6.65. The molecule has 0 spiro atoms. The highest BCUT2D eigenvalue weighted by Crippen LogP contribution is 2.38. The van der Waals surface area contributed by atoms with Crippen LogP contribution in [0.2, 0.25) is 0 Å². The number of hydrogen-bond donors (Lipinski definition) is 2. The Balaban J connectivity index is 1.35. The van der Waals surface area contributed by atoms with Gasteiger partial charge >= 0.3 is 0 Å². The smallest absolute Gasteiger partial charge is 0.132 e. The van der Waals surface area contributed by atoms with Gasteiger partial charge in [-0.25, -0.2) is 0 Å². The van der Waals surface area contributed by atoms with Crippen molar-refractivity contribution in [3.05, 3.63) is 118 Å². The lowest BCUT2D eigenvalue weighted by molar-refractivity contribution is 0.434. The summed E-state index contributed by atoms with van der Waals surface area (Å²) in [5, 5.41) is 7.49. The molecular formula is C32H30N2O2. The molecule has 0 fully saturated rings. The Morgan fingerprint density at radius 1 is 0.583 bits per heavy atom. The van der Waals surface area contributed by atoms with Crippen molar-refractivity contribution < 1.29 is 9.47 Å². The van der Waals surface area contributed by atoms with Gasteiger partial charge in [0.2, 0.25) is 0 Å². The van der Waals surface area contributed by atoms with E-state index >= 15 is 0 Å². The van der Waals surface area contributed by atoms with E-state index < -0.39 is 0 Å². The molecule has 4 aromatic rings. The van der Waals surface area contributed by atoms with Crippen molar-refractivity contribution in [2.45, 2.75) is 37.8 Å². The van der Waals surface area contributed by atoms with Crippen LogP contribution in [0.15, 0.2) is 84.9 Å². The van der Waals surface area contributed by atoms with Crippen LogP contribution in [0.1, 0.15) is 45.5 Å². The lowest BCUT2D eigenvalue weighted by atomic mass is 9.89. The molecule has 0 unspecified atom stereocenters. The molecule has 4 aliphatic rings. The first-order chi connectivity index (χ1) is 17.8. The van der Waals surface area contributed by atoms with Gasteiger partial charge in [-0.05, 0) is 109 Å². The molecule has 0 radical (unpaired) electrons. The molecule has 4 aromatic carbocycles. The van der Waals surface area contributed by atoms with Crippen LogP contribution in [0, 0.1) is 0 Å². The quantitative estimate of drug-likeness (QED) is 0.308. The second-order valence-corrected chi connectivity index (χ2v) is 10.1. The van der Waals surface area contributed by atoms with Crippen LogP contribution in [-0.4, -0.2) is 13.1 Å². The zero-order valence-electron chi connectivity index (χ0n) is 20.3. The van der Waals surface area contributed by atoms with E-state index in [1.165, 1.54) is 33.4 Å². The molecule has 0 saturated carbocycles. The number of hydrogen-bond acceptors (Lipinski definition) is 4. The second kappa shape index (κ2) is 9.12. The number of rotatable bonds is 0. The summed E-state index contributed by atoms with van der Waals surface area (Å²) in [4.78, 5) is 0. The Morgan fingerprint density at radius 3 is 2.25 bits per heavy atom. The highest BCUT2D eigenvalue weighted by molar-refractivity contribution is 5.49. The van der Waals surface area contributed by atoms with Crippen molar-refractivity contribution in [1.82, 2.24) is 10.6 Å². The van der Waals surface area contributed by atoms with Gasteiger partial charge in [0.05, 0.1) is 0 Å². The van der Waals surface area contributed by atoms with Crippen LogP contribution in [0.3, 0.4) is 0 Å². The van der Waals surface area contributed by atoms with Crippen molar-refractivity contribution >= 4 is 0 Å². The molecule has 0 saturated heterocycles. The van der Waals surface area contributed by atoms with E-state index in [0.717, 1.165) is 61.8 Å². The van der Waals surface area contributed by atoms with Gasteiger partial charge in [-0.1, -0.05) is 42.5 Å². The lowest BCUT2D eigenvalue weighted by Crippen LogP contribution is -2.31. The average molecular weight is 475 g/mol. The Labute approximate surface area is 212 Å². The van der Waals surface area contributed by atoms with Gasteiger partial charge in [0.15, 0.2) is 0 Å². The zero-order chi connectivity index (χ0) is 23.9. The number of nitrogens with one attached hydrogen (secondary N) is 2. The van der Waals surface area contributed by atoms with E-state index in [0.29, 0.717) is 0 Å². The summed E-state index contributed by atoms with van der Waals surface area (Å²) in [5.41, 5.74) is 7.93. The minimum Gasteiger partial charge on any atom is -0.457 e. The predicted molar refractivity (Wildman–Crippen MR) is 142 cm³/mol. The largest absolute Gasteiger partial charge is 0.457 e. The molecule has 4 heteroatoms. The fraction of sp³-hybridized carbons (Fsp3) is 0.250. The fourth-order valence-electron chi connectivity index (χ4n) is 5.98. The maximum atomic E-state index is 6.65. The van der Waals surface area contributed by atoms with Crippen LogP contribution in [0.5, 0.6) is 23.0 Å². The van der Waals surface area contributed by atoms with Crippen LogP contribution in [-0.2, 0) is 25.7 Å². The van der Waals surface area contributed by atoms with Gasteiger partial charge in [-0.3, -0.25) is 0 Å². The molecule has 8 rings (SSSR count). The summed E-state index contributed by atoms with van der Waals surface area (Å²) in [6.45, 7) is 1.96. The molecule has 2 atom stereocenters. The zero-order valence-corrected chi connectivity index (χ0v) is 20.3. The van der Waals surface area contributed by atoms with Gasteiger partial charge in [-0.15, -0.1) is 0 Å². The van der Waals surface area contributed by atoms with E-state index in [1.54, 1.807) is 0 Å². The summed E-state index contributed by atoms with van der Waals surface area (Å²) in [6, 6.07) is 30.6. The Hall–Kier alpha value is -3.60. The number of ether oxygens (including phenoxy) is 2. The summed E-state index contributed by atoms with van der Waals surface area (Å²) in [5.74, 6) is 3.60.